The molecule has 2 amide bonds. The highest BCUT2D eigenvalue weighted by molar-refractivity contribution is 6.02. The third kappa shape index (κ3) is 5.26. The lowest BCUT2D eigenvalue weighted by atomic mass is 9.82. The average molecular weight is 594 g/mol. The summed E-state index contributed by atoms with van der Waals surface area (Å²) < 4.78 is 19.6. The standard InChI is InChI=1S/C32H28FN7O4/c1-31(30(34)42)16-44-28-22(31)14-24(40-27(28)18-5-7-21(33)8-6-18)32(2,43)15-37-29(41)20-12-19-4-3-10-36-26(19)23(13-20)39-25-9-11-35-17-38-25/h3-14,17,43H,15-16H2,1-2H3,(H2,34,42)(H,37,41)(H,35,38,39)/t31-,32-/m0/s1. The van der Waals surface area contributed by atoms with Crippen LogP contribution in [0.25, 0.3) is 22.2 Å². The number of amides is 2. The quantitative estimate of drug-likeness (QED) is 0.210. The van der Waals surface area contributed by atoms with E-state index >= 15 is 0 Å². The summed E-state index contributed by atoms with van der Waals surface area (Å²) in [7, 11) is 0. The van der Waals surface area contributed by atoms with Gasteiger partial charge in [0.15, 0.2) is 0 Å². The van der Waals surface area contributed by atoms with E-state index in [2.05, 4.69) is 30.6 Å². The van der Waals surface area contributed by atoms with Crippen molar-refractivity contribution >= 4 is 34.2 Å². The van der Waals surface area contributed by atoms with Crippen LogP contribution in [0.15, 0.2) is 79.4 Å². The Bertz CT molecular complexity index is 1900. The molecule has 0 bridgehead atoms. The topological polar surface area (TPSA) is 165 Å². The minimum Gasteiger partial charge on any atom is -0.489 e. The van der Waals surface area contributed by atoms with Crippen LogP contribution in [0.4, 0.5) is 15.9 Å². The van der Waals surface area contributed by atoms with Gasteiger partial charge in [0.25, 0.3) is 5.91 Å². The lowest BCUT2D eigenvalue weighted by molar-refractivity contribution is -0.123. The number of anilines is 2. The van der Waals surface area contributed by atoms with Crippen molar-refractivity contribution in [2.75, 3.05) is 18.5 Å². The Kier molecular flexibility index (Phi) is 7.14. The highest BCUT2D eigenvalue weighted by atomic mass is 19.1. The fourth-order valence-electron chi connectivity index (χ4n) is 5.03. The molecule has 0 aliphatic carbocycles. The molecule has 222 valence electrons. The van der Waals surface area contributed by atoms with Crippen LogP contribution < -0.4 is 21.1 Å². The third-order valence-corrected chi connectivity index (χ3v) is 7.69. The molecule has 4 heterocycles. The van der Waals surface area contributed by atoms with E-state index in [1.165, 1.54) is 37.5 Å². The number of benzene rings is 2. The van der Waals surface area contributed by atoms with Crippen molar-refractivity contribution in [1.82, 2.24) is 25.3 Å². The number of hydrogen-bond donors (Lipinski definition) is 4. The van der Waals surface area contributed by atoms with Gasteiger partial charge in [0.2, 0.25) is 5.91 Å². The number of carbonyl (C=O) groups excluding carboxylic acids is 2. The normalized spacial score (nSPS) is 16.9. The summed E-state index contributed by atoms with van der Waals surface area (Å²) in [6.07, 6.45) is 4.65. The molecule has 5 aromatic rings. The van der Waals surface area contributed by atoms with E-state index < -0.39 is 28.6 Å². The van der Waals surface area contributed by atoms with Crippen molar-refractivity contribution in [2.45, 2.75) is 24.9 Å². The van der Waals surface area contributed by atoms with E-state index in [-0.39, 0.29) is 18.8 Å². The maximum absolute atomic E-state index is 13.7. The number of carbonyl (C=O) groups is 2. The summed E-state index contributed by atoms with van der Waals surface area (Å²) in [6.45, 7) is 2.91. The van der Waals surface area contributed by atoms with Gasteiger partial charge in [0.05, 0.1) is 23.4 Å². The van der Waals surface area contributed by atoms with Crippen molar-refractivity contribution in [3.63, 3.8) is 0 Å². The summed E-state index contributed by atoms with van der Waals surface area (Å²) >= 11 is 0. The minimum atomic E-state index is -1.69. The number of fused-ring (bicyclic) bond motifs is 2. The molecule has 44 heavy (non-hydrogen) atoms. The van der Waals surface area contributed by atoms with Crippen LogP contribution in [0.3, 0.4) is 0 Å². The van der Waals surface area contributed by atoms with Gasteiger partial charge < -0.3 is 26.2 Å². The SMILES string of the molecule is C[C@](O)(CNC(=O)c1cc(Nc2ccncn2)c2ncccc2c1)c1cc2c(c(-c3ccc(F)cc3)n1)OC[C@]2(C)C(N)=O. The number of nitrogens with zero attached hydrogens (tertiary/aromatic N) is 4. The van der Waals surface area contributed by atoms with Crippen LogP contribution in [0.1, 0.15) is 35.5 Å². The highest BCUT2D eigenvalue weighted by Crippen LogP contribution is 2.45. The van der Waals surface area contributed by atoms with Crippen molar-refractivity contribution in [2.24, 2.45) is 5.73 Å². The summed E-state index contributed by atoms with van der Waals surface area (Å²) in [5, 5.41) is 18.3. The lowest BCUT2D eigenvalue weighted by Gasteiger charge is -2.26. The number of nitrogens with two attached hydrogens (primary N) is 1. The molecule has 0 spiro atoms. The second kappa shape index (κ2) is 11.0. The van der Waals surface area contributed by atoms with Crippen LogP contribution in [0.5, 0.6) is 5.75 Å². The van der Waals surface area contributed by atoms with E-state index in [0.29, 0.717) is 45.2 Å². The fourth-order valence-corrected chi connectivity index (χ4v) is 5.03. The lowest BCUT2D eigenvalue weighted by Crippen LogP contribution is -2.41. The van der Waals surface area contributed by atoms with Gasteiger partial charge in [-0.2, -0.15) is 0 Å². The molecule has 2 atom stereocenters. The van der Waals surface area contributed by atoms with E-state index in [9.17, 15) is 19.1 Å². The van der Waals surface area contributed by atoms with Crippen molar-refractivity contribution in [1.29, 1.82) is 0 Å². The summed E-state index contributed by atoms with van der Waals surface area (Å²) in [5.41, 5.74) is 5.85. The van der Waals surface area contributed by atoms with Gasteiger partial charge >= 0.3 is 0 Å². The van der Waals surface area contributed by atoms with Crippen LogP contribution in [0, 0.1) is 5.82 Å². The zero-order valence-corrected chi connectivity index (χ0v) is 23.8. The van der Waals surface area contributed by atoms with Gasteiger partial charge in [-0.1, -0.05) is 6.07 Å². The maximum Gasteiger partial charge on any atom is 0.251 e. The number of rotatable bonds is 8. The molecule has 11 nitrogen and oxygen atoms in total. The number of aromatic nitrogens is 4. The molecule has 1 aliphatic rings. The molecule has 0 unspecified atom stereocenters. The number of halogens is 1. The molecular formula is C32H28FN7O4. The third-order valence-electron chi connectivity index (χ3n) is 7.69. The van der Waals surface area contributed by atoms with Crippen LogP contribution in [-0.2, 0) is 15.8 Å². The van der Waals surface area contributed by atoms with E-state index in [4.69, 9.17) is 10.5 Å². The molecule has 0 saturated heterocycles. The number of nitrogens with one attached hydrogen (secondary N) is 2. The summed E-state index contributed by atoms with van der Waals surface area (Å²) in [4.78, 5) is 43.1. The molecule has 3 aromatic heterocycles. The number of aliphatic hydroxyl groups is 1. The van der Waals surface area contributed by atoms with Crippen LogP contribution in [0.2, 0.25) is 0 Å². The van der Waals surface area contributed by atoms with E-state index in [1.54, 1.807) is 49.6 Å². The zero-order chi connectivity index (χ0) is 31.1. The number of pyridine rings is 2. The molecule has 0 fully saturated rings. The maximum atomic E-state index is 13.7. The molecule has 5 N–H and O–H groups in total. The van der Waals surface area contributed by atoms with Gasteiger partial charge in [-0.3, -0.25) is 14.6 Å². The van der Waals surface area contributed by atoms with Gasteiger partial charge in [0.1, 0.15) is 47.0 Å². The van der Waals surface area contributed by atoms with Crippen molar-refractivity contribution in [3.05, 3.63) is 102 Å². The zero-order valence-electron chi connectivity index (χ0n) is 23.8. The Morgan fingerprint density at radius 1 is 1.11 bits per heavy atom. The van der Waals surface area contributed by atoms with Gasteiger partial charge in [-0.05, 0) is 68.4 Å². The first-order valence-corrected chi connectivity index (χ1v) is 13.7. The second-order valence-electron chi connectivity index (χ2n) is 11.0. The first-order valence-electron chi connectivity index (χ1n) is 13.7. The van der Waals surface area contributed by atoms with Crippen LogP contribution in [-0.4, -0.2) is 50.0 Å². The van der Waals surface area contributed by atoms with E-state index in [1.807, 2.05) is 6.07 Å². The summed E-state index contributed by atoms with van der Waals surface area (Å²) in [5.74, 6) is -0.636. The van der Waals surface area contributed by atoms with Crippen molar-refractivity contribution < 1.29 is 23.8 Å². The number of primary amides is 1. The average Bonchev–Trinajstić information content (AvgIpc) is 3.38. The van der Waals surface area contributed by atoms with Gasteiger partial charge in [-0.15, -0.1) is 0 Å². The molecule has 6 rings (SSSR count). The molecule has 0 saturated carbocycles. The molecule has 12 heteroatoms. The molecule has 0 radical (unpaired) electrons. The Balaban J connectivity index is 1.32. The second-order valence-corrected chi connectivity index (χ2v) is 11.0. The minimum absolute atomic E-state index is 0.0158. The Morgan fingerprint density at radius 2 is 1.91 bits per heavy atom. The predicted molar refractivity (Wildman–Crippen MR) is 161 cm³/mol. The largest absolute Gasteiger partial charge is 0.489 e. The Morgan fingerprint density at radius 3 is 2.64 bits per heavy atom. The number of ether oxygens (including phenoxy) is 1. The molecular weight excluding hydrogens is 565 g/mol. The van der Waals surface area contributed by atoms with Crippen LogP contribution >= 0.6 is 0 Å². The Hall–Kier alpha value is -5.49. The first kappa shape index (κ1) is 28.6. The summed E-state index contributed by atoms with van der Waals surface area (Å²) in [6, 6.07) is 15.8. The van der Waals surface area contributed by atoms with Crippen molar-refractivity contribution in [3.8, 4) is 17.0 Å². The smallest absolute Gasteiger partial charge is 0.251 e. The monoisotopic (exact) mass is 593 g/mol. The van der Waals surface area contributed by atoms with Gasteiger partial charge in [-0.25, -0.2) is 19.3 Å². The first-order chi connectivity index (χ1) is 21.0. The Labute approximate surface area is 251 Å². The number of hydrogen-bond acceptors (Lipinski definition) is 9. The van der Waals surface area contributed by atoms with Gasteiger partial charge in [0, 0.05) is 34.5 Å². The highest BCUT2D eigenvalue weighted by Gasteiger charge is 2.45. The molecule has 2 aromatic carbocycles. The fraction of sp³-hybridized carbons (Fsp3) is 0.188. The predicted octanol–water partition coefficient (Wildman–Crippen LogP) is 3.74. The molecule has 1 aliphatic heterocycles. The van der Waals surface area contributed by atoms with E-state index in [0.717, 1.165) is 5.39 Å².